The SMILES string of the molecule is CCOc1cccc(CNC(=O)[C@@H](N)C(C)(C)C)c1. The van der Waals surface area contributed by atoms with Gasteiger partial charge < -0.3 is 15.8 Å². The summed E-state index contributed by atoms with van der Waals surface area (Å²) >= 11 is 0. The molecule has 1 amide bonds. The van der Waals surface area contributed by atoms with Crippen LogP contribution in [0.25, 0.3) is 0 Å². The summed E-state index contributed by atoms with van der Waals surface area (Å²) in [5, 5.41) is 2.86. The Labute approximate surface area is 115 Å². The summed E-state index contributed by atoms with van der Waals surface area (Å²) in [6.45, 7) is 8.89. The van der Waals surface area contributed by atoms with Crippen LogP contribution in [0.3, 0.4) is 0 Å². The molecule has 106 valence electrons. The second kappa shape index (κ2) is 6.57. The van der Waals surface area contributed by atoms with Crippen molar-refractivity contribution >= 4 is 5.91 Å². The third-order valence-corrected chi connectivity index (χ3v) is 2.89. The first-order valence-corrected chi connectivity index (χ1v) is 6.59. The maximum atomic E-state index is 11.9. The van der Waals surface area contributed by atoms with Crippen molar-refractivity contribution < 1.29 is 9.53 Å². The highest BCUT2D eigenvalue weighted by atomic mass is 16.5. The Balaban J connectivity index is 2.57. The fraction of sp³-hybridized carbons (Fsp3) is 0.533. The van der Waals surface area contributed by atoms with Gasteiger partial charge in [-0.05, 0) is 30.0 Å². The number of nitrogens with one attached hydrogen (secondary N) is 1. The fourth-order valence-electron chi connectivity index (χ4n) is 1.60. The maximum absolute atomic E-state index is 11.9. The fourth-order valence-corrected chi connectivity index (χ4v) is 1.60. The van der Waals surface area contributed by atoms with Crippen LogP contribution in [-0.2, 0) is 11.3 Å². The lowest BCUT2D eigenvalue weighted by atomic mass is 9.87. The third-order valence-electron chi connectivity index (χ3n) is 2.89. The molecule has 3 N–H and O–H groups in total. The topological polar surface area (TPSA) is 64.3 Å². The minimum Gasteiger partial charge on any atom is -0.494 e. The lowest BCUT2D eigenvalue weighted by Gasteiger charge is -2.25. The maximum Gasteiger partial charge on any atom is 0.237 e. The van der Waals surface area contributed by atoms with Crippen molar-refractivity contribution in [3.8, 4) is 5.75 Å². The largest absolute Gasteiger partial charge is 0.494 e. The van der Waals surface area contributed by atoms with Gasteiger partial charge in [-0.2, -0.15) is 0 Å². The molecule has 0 saturated heterocycles. The van der Waals surface area contributed by atoms with Gasteiger partial charge in [-0.15, -0.1) is 0 Å². The number of carbonyl (C=O) groups excluding carboxylic acids is 1. The summed E-state index contributed by atoms with van der Waals surface area (Å²) in [7, 11) is 0. The predicted molar refractivity (Wildman–Crippen MR) is 76.9 cm³/mol. The smallest absolute Gasteiger partial charge is 0.237 e. The molecule has 0 fully saturated rings. The molecule has 0 aliphatic heterocycles. The summed E-state index contributed by atoms with van der Waals surface area (Å²) in [4.78, 5) is 11.9. The Kier molecular flexibility index (Phi) is 5.36. The lowest BCUT2D eigenvalue weighted by molar-refractivity contribution is -0.124. The zero-order chi connectivity index (χ0) is 14.5. The van der Waals surface area contributed by atoms with Gasteiger partial charge >= 0.3 is 0 Å². The molecule has 0 spiro atoms. The summed E-state index contributed by atoms with van der Waals surface area (Å²) in [6.07, 6.45) is 0. The molecule has 1 atom stereocenters. The van der Waals surface area contributed by atoms with E-state index in [0.717, 1.165) is 11.3 Å². The number of amides is 1. The quantitative estimate of drug-likeness (QED) is 0.855. The van der Waals surface area contributed by atoms with E-state index in [2.05, 4.69) is 5.32 Å². The van der Waals surface area contributed by atoms with E-state index >= 15 is 0 Å². The molecule has 0 saturated carbocycles. The Morgan fingerprint density at radius 1 is 1.42 bits per heavy atom. The van der Waals surface area contributed by atoms with Gasteiger partial charge in [-0.3, -0.25) is 4.79 Å². The van der Waals surface area contributed by atoms with Crippen molar-refractivity contribution in [3.63, 3.8) is 0 Å². The van der Waals surface area contributed by atoms with Crippen LogP contribution in [0.5, 0.6) is 5.75 Å². The molecule has 4 heteroatoms. The van der Waals surface area contributed by atoms with Crippen molar-refractivity contribution in [2.24, 2.45) is 11.1 Å². The Morgan fingerprint density at radius 2 is 2.11 bits per heavy atom. The van der Waals surface area contributed by atoms with E-state index in [1.807, 2.05) is 52.0 Å². The van der Waals surface area contributed by atoms with Gasteiger partial charge in [-0.25, -0.2) is 0 Å². The van der Waals surface area contributed by atoms with E-state index in [1.54, 1.807) is 0 Å². The minimum absolute atomic E-state index is 0.130. The average molecular weight is 264 g/mol. The Morgan fingerprint density at radius 3 is 2.68 bits per heavy atom. The highest BCUT2D eigenvalue weighted by molar-refractivity contribution is 5.82. The second-order valence-corrected chi connectivity index (χ2v) is 5.64. The van der Waals surface area contributed by atoms with Gasteiger partial charge in [0, 0.05) is 6.54 Å². The van der Waals surface area contributed by atoms with E-state index < -0.39 is 6.04 Å². The van der Waals surface area contributed by atoms with Gasteiger partial charge in [0.15, 0.2) is 0 Å². The van der Waals surface area contributed by atoms with Crippen molar-refractivity contribution in [1.82, 2.24) is 5.32 Å². The molecule has 0 bridgehead atoms. The van der Waals surface area contributed by atoms with E-state index in [0.29, 0.717) is 13.2 Å². The molecule has 4 nitrogen and oxygen atoms in total. The van der Waals surface area contributed by atoms with Crippen LogP contribution >= 0.6 is 0 Å². The molecule has 1 aromatic carbocycles. The van der Waals surface area contributed by atoms with Crippen LogP contribution in [0.4, 0.5) is 0 Å². The van der Waals surface area contributed by atoms with E-state index in [-0.39, 0.29) is 11.3 Å². The Hall–Kier alpha value is -1.55. The molecule has 0 heterocycles. The number of rotatable bonds is 5. The first-order valence-electron chi connectivity index (χ1n) is 6.59. The van der Waals surface area contributed by atoms with E-state index in [9.17, 15) is 4.79 Å². The Bertz CT molecular complexity index is 424. The summed E-state index contributed by atoms with van der Waals surface area (Å²) in [6, 6.07) is 7.17. The molecule has 0 unspecified atom stereocenters. The highest BCUT2D eigenvalue weighted by Crippen LogP contribution is 2.17. The molecule has 0 radical (unpaired) electrons. The molecule has 0 aliphatic rings. The van der Waals surface area contributed by atoms with Crippen LogP contribution in [0.2, 0.25) is 0 Å². The standard InChI is InChI=1S/C15H24N2O2/c1-5-19-12-8-6-7-11(9-12)10-17-14(18)13(16)15(2,3)4/h6-9,13H,5,10,16H2,1-4H3,(H,17,18)/t13-/m1/s1. The normalized spacial score (nSPS) is 12.9. The number of carbonyl (C=O) groups is 1. The van der Waals surface area contributed by atoms with Gasteiger partial charge in [-0.1, -0.05) is 32.9 Å². The predicted octanol–water partition coefficient (Wildman–Crippen LogP) is 2.07. The van der Waals surface area contributed by atoms with Crippen LogP contribution in [-0.4, -0.2) is 18.6 Å². The molecule has 1 aromatic rings. The molecule has 0 aromatic heterocycles. The average Bonchev–Trinajstić information content (AvgIpc) is 2.35. The van der Waals surface area contributed by atoms with Gasteiger partial charge in [0.1, 0.15) is 5.75 Å². The van der Waals surface area contributed by atoms with Crippen LogP contribution in [0.1, 0.15) is 33.3 Å². The second-order valence-electron chi connectivity index (χ2n) is 5.64. The van der Waals surface area contributed by atoms with Crippen molar-refractivity contribution in [1.29, 1.82) is 0 Å². The molecule has 19 heavy (non-hydrogen) atoms. The summed E-state index contributed by atoms with van der Waals surface area (Å²) < 4.78 is 5.42. The van der Waals surface area contributed by atoms with Crippen molar-refractivity contribution in [2.75, 3.05) is 6.61 Å². The number of benzene rings is 1. The monoisotopic (exact) mass is 264 g/mol. The van der Waals surface area contributed by atoms with E-state index in [4.69, 9.17) is 10.5 Å². The highest BCUT2D eigenvalue weighted by Gasteiger charge is 2.26. The molecular weight excluding hydrogens is 240 g/mol. The van der Waals surface area contributed by atoms with Crippen LogP contribution in [0.15, 0.2) is 24.3 Å². The number of hydrogen-bond acceptors (Lipinski definition) is 3. The minimum atomic E-state index is -0.512. The van der Waals surface area contributed by atoms with Crippen molar-refractivity contribution in [3.05, 3.63) is 29.8 Å². The van der Waals surface area contributed by atoms with E-state index in [1.165, 1.54) is 0 Å². The number of hydrogen-bond donors (Lipinski definition) is 2. The summed E-state index contributed by atoms with van der Waals surface area (Å²) in [5.74, 6) is 0.684. The van der Waals surface area contributed by atoms with Gasteiger partial charge in [0.25, 0.3) is 0 Å². The number of nitrogens with two attached hydrogens (primary N) is 1. The summed E-state index contributed by atoms with van der Waals surface area (Å²) in [5.41, 5.74) is 6.66. The molecule has 0 aliphatic carbocycles. The lowest BCUT2D eigenvalue weighted by Crippen LogP contribution is -2.48. The van der Waals surface area contributed by atoms with Gasteiger partial charge in [0.05, 0.1) is 12.6 Å². The molecule has 1 rings (SSSR count). The first kappa shape index (κ1) is 15.5. The zero-order valence-electron chi connectivity index (χ0n) is 12.2. The van der Waals surface area contributed by atoms with Gasteiger partial charge in [0.2, 0.25) is 5.91 Å². The van der Waals surface area contributed by atoms with Crippen molar-refractivity contribution in [2.45, 2.75) is 40.3 Å². The van der Waals surface area contributed by atoms with Crippen LogP contribution in [0, 0.1) is 5.41 Å². The molecular formula is C15H24N2O2. The van der Waals surface area contributed by atoms with Crippen LogP contribution < -0.4 is 15.8 Å². The first-order chi connectivity index (χ1) is 8.84. The zero-order valence-corrected chi connectivity index (χ0v) is 12.2. The number of ether oxygens (including phenoxy) is 1. The third kappa shape index (κ3) is 4.91.